The molecule has 0 aliphatic carbocycles. The molecule has 1 aromatic heterocycles. The number of nitrogens with zero attached hydrogens (tertiary/aromatic N) is 1. The average Bonchev–Trinajstić information content (AvgIpc) is 2.26. The van der Waals surface area contributed by atoms with Gasteiger partial charge in [0, 0.05) is 11.8 Å². The molecule has 0 aliphatic rings. The predicted octanol–water partition coefficient (Wildman–Crippen LogP) is -0.123. The minimum Gasteiger partial charge on any atom is -0.480 e. The Bertz CT molecular complexity index is 417. The zero-order valence-electron chi connectivity index (χ0n) is 7.73. The number of rotatable bonds is 3. The molecule has 0 radical (unpaired) electrons. The molecule has 0 spiro atoms. The van der Waals surface area contributed by atoms with E-state index in [9.17, 15) is 9.59 Å². The number of carboxylic acid groups (broad SMARTS) is 1. The number of aliphatic carboxylic acids is 1. The molecule has 0 aliphatic heterocycles. The van der Waals surface area contributed by atoms with Crippen molar-refractivity contribution in [3.8, 4) is 12.3 Å². The smallest absolute Gasteiger partial charge is 0.322 e. The molecule has 5 heteroatoms. The van der Waals surface area contributed by atoms with Gasteiger partial charge in [-0.25, -0.2) is 4.98 Å². The highest BCUT2D eigenvalue weighted by Crippen LogP contribution is 1.98. The molecule has 76 valence electrons. The molecule has 15 heavy (non-hydrogen) atoms. The molecule has 0 saturated heterocycles. The Morgan fingerprint density at radius 2 is 2.27 bits per heavy atom. The van der Waals surface area contributed by atoms with Crippen molar-refractivity contribution < 1.29 is 14.7 Å². The van der Waals surface area contributed by atoms with Crippen molar-refractivity contribution in [1.82, 2.24) is 10.3 Å². The van der Waals surface area contributed by atoms with Crippen molar-refractivity contribution in [2.45, 2.75) is 0 Å². The van der Waals surface area contributed by atoms with Crippen LogP contribution in [0.3, 0.4) is 0 Å². The molecule has 0 fully saturated rings. The standard InChI is InChI=1S/C10H8N2O3/c1-2-7-3-4-8(11-5-7)10(15)12-6-9(13)14/h1,3-5H,6H2,(H,12,15)(H,13,14). The van der Waals surface area contributed by atoms with Crippen LogP contribution in [0.4, 0.5) is 0 Å². The monoisotopic (exact) mass is 204 g/mol. The van der Waals surface area contributed by atoms with Gasteiger partial charge in [0.15, 0.2) is 0 Å². The normalized spacial score (nSPS) is 9.00. The van der Waals surface area contributed by atoms with Gasteiger partial charge in [-0.05, 0) is 12.1 Å². The fraction of sp³-hybridized carbons (Fsp3) is 0.100. The fourth-order valence-corrected chi connectivity index (χ4v) is 0.860. The van der Waals surface area contributed by atoms with E-state index in [0.29, 0.717) is 5.56 Å². The minimum atomic E-state index is -1.11. The highest BCUT2D eigenvalue weighted by atomic mass is 16.4. The highest BCUT2D eigenvalue weighted by Gasteiger charge is 2.07. The minimum absolute atomic E-state index is 0.134. The van der Waals surface area contributed by atoms with Crippen LogP contribution in [0, 0.1) is 12.3 Å². The van der Waals surface area contributed by atoms with Gasteiger partial charge >= 0.3 is 5.97 Å². The summed E-state index contributed by atoms with van der Waals surface area (Å²) in [4.78, 5) is 25.2. The summed E-state index contributed by atoms with van der Waals surface area (Å²) in [6, 6.07) is 3.00. The van der Waals surface area contributed by atoms with Gasteiger partial charge < -0.3 is 10.4 Å². The SMILES string of the molecule is C#Cc1ccc(C(=O)NCC(=O)O)nc1. The largest absolute Gasteiger partial charge is 0.480 e. The van der Waals surface area contributed by atoms with E-state index in [1.807, 2.05) is 0 Å². The zero-order valence-corrected chi connectivity index (χ0v) is 7.73. The van der Waals surface area contributed by atoms with Crippen molar-refractivity contribution >= 4 is 11.9 Å². The Kier molecular flexibility index (Phi) is 3.41. The molecule has 2 N–H and O–H groups in total. The van der Waals surface area contributed by atoms with Crippen molar-refractivity contribution in [1.29, 1.82) is 0 Å². The first-order valence-corrected chi connectivity index (χ1v) is 4.06. The number of pyridine rings is 1. The van der Waals surface area contributed by atoms with Crippen LogP contribution in [0.2, 0.25) is 0 Å². The van der Waals surface area contributed by atoms with E-state index < -0.39 is 18.4 Å². The van der Waals surface area contributed by atoms with E-state index >= 15 is 0 Å². The van der Waals surface area contributed by atoms with Gasteiger partial charge in [0.25, 0.3) is 5.91 Å². The average molecular weight is 204 g/mol. The molecular formula is C10H8N2O3. The van der Waals surface area contributed by atoms with E-state index in [1.54, 1.807) is 6.07 Å². The van der Waals surface area contributed by atoms with Crippen molar-refractivity contribution in [2.75, 3.05) is 6.54 Å². The molecule has 1 rings (SSSR count). The molecule has 1 heterocycles. The Hall–Kier alpha value is -2.35. The maximum atomic E-state index is 11.3. The van der Waals surface area contributed by atoms with Crippen molar-refractivity contribution in [3.63, 3.8) is 0 Å². The van der Waals surface area contributed by atoms with Gasteiger partial charge in [0.1, 0.15) is 12.2 Å². The van der Waals surface area contributed by atoms with E-state index in [1.165, 1.54) is 12.3 Å². The van der Waals surface area contributed by atoms with Crippen LogP contribution in [-0.4, -0.2) is 28.5 Å². The van der Waals surface area contributed by atoms with E-state index in [-0.39, 0.29) is 5.69 Å². The van der Waals surface area contributed by atoms with Gasteiger partial charge in [-0.15, -0.1) is 6.42 Å². The quantitative estimate of drug-likeness (QED) is 0.672. The van der Waals surface area contributed by atoms with Crippen LogP contribution >= 0.6 is 0 Å². The second kappa shape index (κ2) is 4.77. The molecule has 0 bridgehead atoms. The molecule has 0 saturated carbocycles. The summed E-state index contributed by atoms with van der Waals surface area (Å²) >= 11 is 0. The lowest BCUT2D eigenvalue weighted by Gasteiger charge is -2.00. The summed E-state index contributed by atoms with van der Waals surface area (Å²) in [5, 5.41) is 10.5. The topological polar surface area (TPSA) is 79.3 Å². The Balaban J connectivity index is 2.67. The van der Waals surface area contributed by atoms with Crippen molar-refractivity contribution in [3.05, 3.63) is 29.6 Å². The van der Waals surface area contributed by atoms with Crippen LogP contribution in [-0.2, 0) is 4.79 Å². The van der Waals surface area contributed by atoms with E-state index in [4.69, 9.17) is 11.5 Å². The number of aromatic nitrogens is 1. The fourth-order valence-electron chi connectivity index (χ4n) is 0.860. The zero-order chi connectivity index (χ0) is 11.3. The maximum absolute atomic E-state index is 11.3. The van der Waals surface area contributed by atoms with Gasteiger partial charge in [0.05, 0.1) is 0 Å². The van der Waals surface area contributed by atoms with E-state index in [2.05, 4.69) is 16.2 Å². The summed E-state index contributed by atoms with van der Waals surface area (Å²) in [6.45, 7) is -0.433. The summed E-state index contributed by atoms with van der Waals surface area (Å²) in [5.74, 6) is 0.706. The number of carbonyl (C=O) groups excluding carboxylic acids is 1. The first-order valence-electron chi connectivity index (χ1n) is 4.06. The first kappa shape index (κ1) is 10.7. The number of hydrogen-bond acceptors (Lipinski definition) is 3. The Labute approximate surface area is 86.1 Å². The molecule has 1 aromatic rings. The summed E-state index contributed by atoms with van der Waals surface area (Å²) in [6.07, 6.45) is 6.48. The van der Waals surface area contributed by atoms with Gasteiger partial charge in [0.2, 0.25) is 0 Å². The summed E-state index contributed by atoms with van der Waals surface area (Å²) < 4.78 is 0. The van der Waals surface area contributed by atoms with Crippen LogP contribution in [0.1, 0.15) is 16.1 Å². The van der Waals surface area contributed by atoms with Crippen LogP contribution in [0.5, 0.6) is 0 Å². The highest BCUT2D eigenvalue weighted by molar-refractivity contribution is 5.94. The Morgan fingerprint density at radius 3 is 2.73 bits per heavy atom. The number of amides is 1. The Morgan fingerprint density at radius 1 is 1.53 bits per heavy atom. The van der Waals surface area contributed by atoms with Crippen LogP contribution < -0.4 is 5.32 Å². The third kappa shape index (κ3) is 3.12. The van der Waals surface area contributed by atoms with Gasteiger partial charge in [-0.1, -0.05) is 5.92 Å². The molecular weight excluding hydrogens is 196 g/mol. The van der Waals surface area contributed by atoms with Gasteiger partial charge in [-0.3, -0.25) is 9.59 Å². The molecule has 5 nitrogen and oxygen atoms in total. The number of terminal acetylenes is 1. The number of nitrogens with one attached hydrogen (secondary N) is 1. The first-order chi connectivity index (χ1) is 7.13. The molecule has 0 unspecified atom stereocenters. The summed E-state index contributed by atoms with van der Waals surface area (Å²) in [5.41, 5.74) is 0.694. The lowest BCUT2D eigenvalue weighted by Crippen LogP contribution is -2.29. The third-order valence-corrected chi connectivity index (χ3v) is 1.56. The van der Waals surface area contributed by atoms with Crippen LogP contribution in [0.15, 0.2) is 18.3 Å². The van der Waals surface area contributed by atoms with Crippen LogP contribution in [0.25, 0.3) is 0 Å². The van der Waals surface area contributed by atoms with Crippen molar-refractivity contribution in [2.24, 2.45) is 0 Å². The molecule has 0 atom stereocenters. The lowest BCUT2D eigenvalue weighted by molar-refractivity contribution is -0.135. The lowest BCUT2D eigenvalue weighted by atomic mass is 10.2. The second-order valence-electron chi connectivity index (χ2n) is 2.65. The summed E-state index contributed by atoms with van der Waals surface area (Å²) in [7, 11) is 0. The maximum Gasteiger partial charge on any atom is 0.322 e. The molecule has 0 aromatic carbocycles. The second-order valence-corrected chi connectivity index (χ2v) is 2.65. The number of hydrogen-bond donors (Lipinski definition) is 2. The third-order valence-electron chi connectivity index (χ3n) is 1.56. The van der Waals surface area contributed by atoms with E-state index in [0.717, 1.165) is 0 Å². The number of carbonyl (C=O) groups is 2. The van der Waals surface area contributed by atoms with Gasteiger partial charge in [-0.2, -0.15) is 0 Å². The number of carboxylic acids is 1. The molecule has 1 amide bonds. The predicted molar refractivity (Wildman–Crippen MR) is 52.1 cm³/mol.